The zero-order valence-electron chi connectivity index (χ0n) is 27.7. The number of fused-ring (bicyclic) bond motifs is 3. The van der Waals surface area contributed by atoms with E-state index in [1.807, 2.05) is 6.07 Å². The Balaban J connectivity index is 0.979. The molecule has 0 aliphatic heterocycles. The fraction of sp³-hybridized carbons (Fsp3) is 0.0417. The minimum atomic E-state index is 0.909. The maximum absolute atomic E-state index is 6.29. The van der Waals surface area contributed by atoms with Gasteiger partial charge in [0.15, 0.2) is 0 Å². The van der Waals surface area contributed by atoms with Crippen LogP contribution < -0.4 is 4.90 Å². The van der Waals surface area contributed by atoms with E-state index in [9.17, 15) is 0 Å². The summed E-state index contributed by atoms with van der Waals surface area (Å²) in [5, 5.41) is 2.28. The lowest BCUT2D eigenvalue weighted by Crippen LogP contribution is -2.16. The summed E-state index contributed by atoms with van der Waals surface area (Å²) in [6, 6.07) is 60.7. The Bertz CT molecular complexity index is 2490. The van der Waals surface area contributed by atoms with Crippen LogP contribution in [0.4, 0.5) is 11.4 Å². The zero-order chi connectivity index (χ0) is 33.3. The van der Waals surface area contributed by atoms with Crippen molar-refractivity contribution in [1.82, 2.24) is 0 Å². The highest BCUT2D eigenvalue weighted by molar-refractivity contribution is 6.07. The van der Waals surface area contributed by atoms with Crippen molar-refractivity contribution >= 4 is 33.3 Å². The summed E-state index contributed by atoms with van der Waals surface area (Å²) >= 11 is 0. The van der Waals surface area contributed by atoms with Crippen LogP contribution in [0.25, 0.3) is 66.4 Å². The number of hydrogen-bond donors (Lipinski definition) is 0. The molecule has 0 spiro atoms. The quantitative estimate of drug-likeness (QED) is 0.172. The van der Waals surface area contributed by atoms with Gasteiger partial charge >= 0.3 is 0 Å². The molecular formula is C48H35NO. The van der Waals surface area contributed by atoms with E-state index in [-0.39, 0.29) is 0 Å². The molecule has 0 atom stereocenters. The van der Waals surface area contributed by atoms with Crippen molar-refractivity contribution in [1.29, 1.82) is 0 Å². The molecule has 0 amide bonds. The normalized spacial score (nSPS) is 12.7. The van der Waals surface area contributed by atoms with Crippen LogP contribution in [0.2, 0.25) is 0 Å². The molecule has 2 nitrogen and oxygen atoms in total. The number of rotatable bonds is 7. The van der Waals surface area contributed by atoms with E-state index in [2.05, 4.69) is 187 Å². The van der Waals surface area contributed by atoms with Crippen LogP contribution in [-0.2, 0) is 0 Å². The molecule has 1 aliphatic rings. The SMILES string of the molecule is C1=CC(N(c2ccc(-c3ccccc3)cc2)c2ccc(-c3ccc(-c4ccc5oc6cc(-c7ccccc7)ccc6c5c4)cc3)cc2)=CCC1. The first kappa shape index (κ1) is 29.7. The molecule has 0 saturated heterocycles. The lowest BCUT2D eigenvalue weighted by molar-refractivity contribution is 0.669. The van der Waals surface area contributed by atoms with Gasteiger partial charge in [0.05, 0.1) is 0 Å². The molecule has 1 aliphatic carbocycles. The van der Waals surface area contributed by atoms with Crippen LogP contribution >= 0.6 is 0 Å². The standard InChI is InChI=1S/C48H35NO/c1-4-10-34(11-5-1)37-20-26-43(27-21-37)49(42-14-8-3-9-15-42)44-28-22-38(23-29-44)36-16-18-39(19-17-36)40-25-31-47-46(32-40)45-30-24-41(33-48(45)50-47)35-12-6-2-7-13-35/h1-2,4-8,10-33H,3,9H2. The van der Waals surface area contributed by atoms with Crippen molar-refractivity contribution in [2.24, 2.45) is 0 Å². The number of hydrogen-bond acceptors (Lipinski definition) is 2. The Labute approximate surface area is 292 Å². The Hall–Kier alpha value is -6.38. The molecule has 0 N–H and O–H groups in total. The van der Waals surface area contributed by atoms with Crippen molar-refractivity contribution in [2.45, 2.75) is 12.8 Å². The minimum absolute atomic E-state index is 0.909. The largest absolute Gasteiger partial charge is 0.456 e. The van der Waals surface area contributed by atoms with Gasteiger partial charge in [-0.25, -0.2) is 0 Å². The highest BCUT2D eigenvalue weighted by Crippen LogP contribution is 2.37. The predicted molar refractivity (Wildman–Crippen MR) is 211 cm³/mol. The number of allylic oxidation sites excluding steroid dienone is 3. The number of nitrogens with zero attached hydrogens (tertiary/aromatic N) is 1. The molecule has 8 aromatic rings. The first-order valence-corrected chi connectivity index (χ1v) is 17.3. The number of furan rings is 1. The molecular weight excluding hydrogens is 607 g/mol. The molecule has 0 unspecified atom stereocenters. The Kier molecular flexibility index (Phi) is 7.68. The van der Waals surface area contributed by atoms with E-state index in [1.165, 1.54) is 44.6 Å². The van der Waals surface area contributed by atoms with Crippen LogP contribution in [0.5, 0.6) is 0 Å². The molecule has 1 aromatic heterocycles. The van der Waals surface area contributed by atoms with Crippen LogP contribution in [0.1, 0.15) is 12.8 Å². The van der Waals surface area contributed by atoms with Gasteiger partial charge in [-0.3, -0.25) is 0 Å². The highest BCUT2D eigenvalue weighted by atomic mass is 16.3. The van der Waals surface area contributed by atoms with Crippen molar-refractivity contribution in [2.75, 3.05) is 4.90 Å². The lowest BCUT2D eigenvalue weighted by Gasteiger charge is -2.28. The minimum Gasteiger partial charge on any atom is -0.456 e. The summed E-state index contributed by atoms with van der Waals surface area (Å²) in [6.07, 6.45) is 8.98. The molecule has 2 heteroatoms. The van der Waals surface area contributed by atoms with E-state index in [0.717, 1.165) is 51.7 Å². The van der Waals surface area contributed by atoms with Crippen molar-refractivity contribution in [3.05, 3.63) is 194 Å². The summed E-state index contributed by atoms with van der Waals surface area (Å²) in [4.78, 5) is 2.36. The third kappa shape index (κ3) is 5.71. The van der Waals surface area contributed by atoms with Crippen molar-refractivity contribution < 1.29 is 4.42 Å². The monoisotopic (exact) mass is 641 g/mol. The maximum atomic E-state index is 6.29. The van der Waals surface area contributed by atoms with Gasteiger partial charge in [0.1, 0.15) is 11.2 Å². The van der Waals surface area contributed by atoms with E-state index in [4.69, 9.17) is 4.42 Å². The fourth-order valence-corrected chi connectivity index (χ4v) is 7.07. The second-order valence-electron chi connectivity index (χ2n) is 12.9. The summed E-state index contributed by atoms with van der Waals surface area (Å²) in [7, 11) is 0. The van der Waals surface area contributed by atoms with Gasteiger partial charge in [-0.05, 0) is 112 Å². The summed E-state index contributed by atoms with van der Waals surface area (Å²) in [5.74, 6) is 0. The first-order valence-electron chi connectivity index (χ1n) is 17.3. The summed E-state index contributed by atoms with van der Waals surface area (Å²) in [5.41, 5.74) is 14.9. The van der Waals surface area contributed by atoms with Gasteiger partial charge in [0.2, 0.25) is 0 Å². The molecule has 0 saturated carbocycles. The van der Waals surface area contributed by atoms with Crippen LogP contribution in [0, 0.1) is 0 Å². The maximum Gasteiger partial charge on any atom is 0.136 e. The average Bonchev–Trinajstić information content (AvgIpc) is 3.57. The van der Waals surface area contributed by atoms with Gasteiger partial charge in [0.25, 0.3) is 0 Å². The first-order chi connectivity index (χ1) is 24.8. The smallest absolute Gasteiger partial charge is 0.136 e. The van der Waals surface area contributed by atoms with E-state index >= 15 is 0 Å². The Morgan fingerprint density at radius 1 is 0.380 bits per heavy atom. The molecule has 50 heavy (non-hydrogen) atoms. The summed E-state index contributed by atoms with van der Waals surface area (Å²) < 4.78 is 6.29. The van der Waals surface area contributed by atoms with E-state index in [1.54, 1.807) is 0 Å². The van der Waals surface area contributed by atoms with Gasteiger partial charge in [0, 0.05) is 27.8 Å². The highest BCUT2D eigenvalue weighted by Gasteiger charge is 2.15. The number of anilines is 2. The van der Waals surface area contributed by atoms with Gasteiger partial charge in [-0.2, -0.15) is 0 Å². The number of benzene rings is 7. The van der Waals surface area contributed by atoms with Gasteiger partial charge in [-0.1, -0.05) is 133 Å². The fourth-order valence-electron chi connectivity index (χ4n) is 7.07. The molecule has 1 heterocycles. The van der Waals surface area contributed by atoms with Crippen molar-refractivity contribution in [3.8, 4) is 44.5 Å². The lowest BCUT2D eigenvalue weighted by atomic mass is 9.98. The van der Waals surface area contributed by atoms with Gasteiger partial charge in [-0.15, -0.1) is 0 Å². The average molecular weight is 642 g/mol. The zero-order valence-corrected chi connectivity index (χ0v) is 27.7. The third-order valence-electron chi connectivity index (χ3n) is 9.72. The van der Waals surface area contributed by atoms with Crippen LogP contribution in [-0.4, -0.2) is 0 Å². The molecule has 7 aromatic carbocycles. The molecule has 9 rings (SSSR count). The van der Waals surface area contributed by atoms with Crippen molar-refractivity contribution in [3.63, 3.8) is 0 Å². The Morgan fingerprint density at radius 2 is 0.860 bits per heavy atom. The van der Waals surface area contributed by atoms with Crippen LogP contribution in [0.3, 0.4) is 0 Å². The predicted octanol–water partition coefficient (Wildman–Crippen LogP) is 13.6. The van der Waals surface area contributed by atoms with Crippen LogP contribution in [0.15, 0.2) is 198 Å². The molecule has 0 fully saturated rings. The van der Waals surface area contributed by atoms with Gasteiger partial charge < -0.3 is 9.32 Å². The Morgan fingerprint density at radius 3 is 1.44 bits per heavy atom. The molecule has 0 radical (unpaired) electrons. The third-order valence-corrected chi connectivity index (χ3v) is 9.72. The molecule has 0 bridgehead atoms. The second-order valence-corrected chi connectivity index (χ2v) is 12.9. The summed E-state index contributed by atoms with van der Waals surface area (Å²) in [6.45, 7) is 0. The molecule has 238 valence electrons. The van der Waals surface area contributed by atoms with E-state index in [0.29, 0.717) is 0 Å². The van der Waals surface area contributed by atoms with E-state index < -0.39 is 0 Å². The second kappa shape index (κ2) is 12.9. The topological polar surface area (TPSA) is 16.4 Å².